The lowest BCUT2D eigenvalue weighted by atomic mass is 9.68. The highest BCUT2D eigenvalue weighted by Crippen LogP contribution is 2.42. The Morgan fingerprint density at radius 1 is 1.32 bits per heavy atom. The lowest BCUT2D eigenvalue weighted by Gasteiger charge is -2.39. The first-order valence-corrected chi connectivity index (χ1v) is 6.99. The van der Waals surface area contributed by atoms with Crippen LogP contribution < -0.4 is 5.73 Å². The SMILES string of the molecule is Cc1cccc(-c2nc(C3(CN)CCC3)[nH]c2C)c1. The molecule has 0 bridgehead atoms. The first-order valence-electron chi connectivity index (χ1n) is 6.99. The van der Waals surface area contributed by atoms with E-state index in [1.54, 1.807) is 0 Å². The predicted octanol–water partition coefficient (Wildman–Crippen LogP) is 3.07. The van der Waals surface area contributed by atoms with Crippen LogP contribution in [0.1, 0.15) is 36.3 Å². The van der Waals surface area contributed by atoms with E-state index in [1.165, 1.54) is 17.5 Å². The summed E-state index contributed by atoms with van der Waals surface area (Å²) in [5.74, 6) is 1.08. The van der Waals surface area contributed by atoms with Gasteiger partial charge in [-0.05, 0) is 32.8 Å². The molecule has 3 nitrogen and oxygen atoms in total. The Morgan fingerprint density at radius 3 is 2.68 bits per heavy atom. The predicted molar refractivity (Wildman–Crippen MR) is 78.1 cm³/mol. The Hall–Kier alpha value is -1.61. The van der Waals surface area contributed by atoms with Crippen molar-refractivity contribution in [2.45, 2.75) is 38.5 Å². The maximum Gasteiger partial charge on any atom is 0.114 e. The van der Waals surface area contributed by atoms with Gasteiger partial charge in [-0.15, -0.1) is 0 Å². The zero-order valence-electron chi connectivity index (χ0n) is 11.7. The molecule has 0 amide bonds. The number of nitrogens with one attached hydrogen (secondary N) is 1. The number of imidazole rings is 1. The molecule has 0 aliphatic heterocycles. The minimum atomic E-state index is 0.104. The van der Waals surface area contributed by atoms with E-state index in [9.17, 15) is 0 Å². The van der Waals surface area contributed by atoms with Crippen molar-refractivity contribution in [3.63, 3.8) is 0 Å². The second-order valence-electron chi connectivity index (χ2n) is 5.77. The zero-order chi connectivity index (χ0) is 13.5. The second-order valence-corrected chi connectivity index (χ2v) is 5.77. The van der Waals surface area contributed by atoms with Crippen molar-refractivity contribution >= 4 is 0 Å². The molecule has 3 heteroatoms. The smallest absolute Gasteiger partial charge is 0.114 e. The van der Waals surface area contributed by atoms with Gasteiger partial charge in [-0.2, -0.15) is 0 Å². The summed E-state index contributed by atoms with van der Waals surface area (Å²) in [6.45, 7) is 4.89. The van der Waals surface area contributed by atoms with Crippen LogP contribution in [0.3, 0.4) is 0 Å². The number of rotatable bonds is 3. The molecule has 1 aromatic carbocycles. The number of nitrogens with zero attached hydrogens (tertiary/aromatic N) is 1. The molecule has 19 heavy (non-hydrogen) atoms. The molecule has 0 unspecified atom stereocenters. The first kappa shape index (κ1) is 12.4. The van der Waals surface area contributed by atoms with Crippen molar-refractivity contribution in [3.8, 4) is 11.3 Å². The van der Waals surface area contributed by atoms with Crippen molar-refractivity contribution in [3.05, 3.63) is 41.3 Å². The Morgan fingerprint density at radius 2 is 2.11 bits per heavy atom. The number of aromatic amines is 1. The highest BCUT2D eigenvalue weighted by molar-refractivity contribution is 5.63. The highest BCUT2D eigenvalue weighted by Gasteiger charge is 2.40. The Balaban J connectivity index is 2.02. The highest BCUT2D eigenvalue weighted by atomic mass is 15.0. The van der Waals surface area contributed by atoms with Crippen LogP contribution in [0, 0.1) is 13.8 Å². The maximum absolute atomic E-state index is 5.96. The molecule has 1 aliphatic rings. The van der Waals surface area contributed by atoms with Crippen LogP contribution in [0.15, 0.2) is 24.3 Å². The summed E-state index contributed by atoms with van der Waals surface area (Å²) < 4.78 is 0. The number of nitrogens with two attached hydrogens (primary N) is 1. The van der Waals surface area contributed by atoms with Gasteiger partial charge >= 0.3 is 0 Å². The fourth-order valence-electron chi connectivity index (χ4n) is 2.93. The van der Waals surface area contributed by atoms with Crippen LogP contribution in [-0.4, -0.2) is 16.5 Å². The van der Waals surface area contributed by atoms with Crippen molar-refractivity contribution < 1.29 is 0 Å². The molecule has 1 fully saturated rings. The number of benzene rings is 1. The molecule has 0 radical (unpaired) electrons. The van der Waals surface area contributed by atoms with Gasteiger partial charge in [0.25, 0.3) is 0 Å². The lowest BCUT2D eigenvalue weighted by molar-refractivity contribution is 0.239. The summed E-state index contributed by atoms with van der Waals surface area (Å²) in [4.78, 5) is 8.32. The minimum absolute atomic E-state index is 0.104. The molecule has 3 N–H and O–H groups in total. The van der Waals surface area contributed by atoms with E-state index in [0.29, 0.717) is 6.54 Å². The number of hydrogen-bond donors (Lipinski definition) is 2. The summed E-state index contributed by atoms with van der Waals surface area (Å²) in [7, 11) is 0. The van der Waals surface area contributed by atoms with Crippen molar-refractivity contribution in [1.82, 2.24) is 9.97 Å². The first-order chi connectivity index (χ1) is 9.14. The third-order valence-corrected chi connectivity index (χ3v) is 4.38. The van der Waals surface area contributed by atoms with Gasteiger partial charge in [-0.1, -0.05) is 30.2 Å². The van der Waals surface area contributed by atoms with Crippen LogP contribution >= 0.6 is 0 Å². The van der Waals surface area contributed by atoms with Crippen molar-refractivity contribution in [1.29, 1.82) is 0 Å². The van der Waals surface area contributed by atoms with Gasteiger partial charge in [-0.3, -0.25) is 0 Å². The third-order valence-electron chi connectivity index (χ3n) is 4.38. The van der Waals surface area contributed by atoms with Gasteiger partial charge in [0.2, 0.25) is 0 Å². The summed E-state index contributed by atoms with van der Waals surface area (Å²) in [6.07, 6.45) is 3.57. The fraction of sp³-hybridized carbons (Fsp3) is 0.438. The number of aryl methyl sites for hydroxylation is 2. The summed E-state index contributed by atoms with van der Waals surface area (Å²) in [5.41, 5.74) is 10.7. The standard InChI is InChI=1S/C16H21N3/c1-11-5-3-6-13(9-11)14-12(2)18-15(19-14)16(10-17)7-4-8-16/h3,5-6,9H,4,7-8,10,17H2,1-2H3,(H,18,19). The average Bonchev–Trinajstić information content (AvgIpc) is 2.71. The number of aromatic nitrogens is 2. The second kappa shape index (κ2) is 4.49. The maximum atomic E-state index is 5.96. The van der Waals surface area contributed by atoms with E-state index in [0.717, 1.165) is 30.1 Å². The topological polar surface area (TPSA) is 54.7 Å². The van der Waals surface area contributed by atoms with Gasteiger partial charge in [0.1, 0.15) is 5.82 Å². The summed E-state index contributed by atoms with van der Waals surface area (Å²) in [5, 5.41) is 0. The van der Waals surface area contributed by atoms with E-state index < -0.39 is 0 Å². The summed E-state index contributed by atoms with van der Waals surface area (Å²) in [6, 6.07) is 8.50. The Labute approximate surface area is 114 Å². The van der Waals surface area contributed by atoms with Crippen LogP contribution in [0.2, 0.25) is 0 Å². The van der Waals surface area contributed by atoms with Gasteiger partial charge in [0.15, 0.2) is 0 Å². The van der Waals surface area contributed by atoms with Crippen LogP contribution in [0.5, 0.6) is 0 Å². The molecule has 0 atom stereocenters. The molecule has 0 spiro atoms. The van der Waals surface area contributed by atoms with Gasteiger partial charge in [-0.25, -0.2) is 4.98 Å². The van der Waals surface area contributed by atoms with Crippen molar-refractivity contribution in [2.75, 3.05) is 6.54 Å². The van der Waals surface area contributed by atoms with Gasteiger partial charge in [0.05, 0.1) is 5.69 Å². The molecule has 2 aromatic rings. The lowest BCUT2D eigenvalue weighted by Crippen LogP contribution is -2.42. The van der Waals surface area contributed by atoms with Gasteiger partial charge < -0.3 is 10.7 Å². The molecule has 1 saturated carbocycles. The van der Waals surface area contributed by atoms with E-state index >= 15 is 0 Å². The molecule has 3 rings (SSSR count). The Bertz CT molecular complexity index is 588. The number of H-pyrrole nitrogens is 1. The van der Waals surface area contributed by atoms with E-state index in [4.69, 9.17) is 10.7 Å². The van der Waals surface area contributed by atoms with Crippen LogP contribution in [-0.2, 0) is 5.41 Å². The van der Waals surface area contributed by atoms with Crippen LogP contribution in [0.4, 0.5) is 0 Å². The normalized spacial score (nSPS) is 17.2. The van der Waals surface area contributed by atoms with E-state index in [2.05, 4.69) is 43.1 Å². The third kappa shape index (κ3) is 1.98. The zero-order valence-corrected chi connectivity index (χ0v) is 11.7. The van der Waals surface area contributed by atoms with Gasteiger partial charge in [0, 0.05) is 23.2 Å². The fourth-order valence-corrected chi connectivity index (χ4v) is 2.93. The van der Waals surface area contributed by atoms with E-state index in [-0.39, 0.29) is 5.41 Å². The molecule has 0 saturated heterocycles. The largest absolute Gasteiger partial charge is 0.345 e. The molecular formula is C16H21N3. The monoisotopic (exact) mass is 255 g/mol. The summed E-state index contributed by atoms with van der Waals surface area (Å²) >= 11 is 0. The van der Waals surface area contributed by atoms with E-state index in [1.807, 2.05) is 0 Å². The average molecular weight is 255 g/mol. The molecule has 1 heterocycles. The quantitative estimate of drug-likeness (QED) is 0.885. The molecular weight excluding hydrogens is 234 g/mol. The molecule has 1 aliphatic carbocycles. The van der Waals surface area contributed by atoms with Crippen molar-refractivity contribution in [2.24, 2.45) is 5.73 Å². The Kier molecular flexibility index (Phi) is 2.94. The molecule has 100 valence electrons. The molecule has 1 aromatic heterocycles. The van der Waals surface area contributed by atoms with Crippen LogP contribution in [0.25, 0.3) is 11.3 Å². The number of hydrogen-bond acceptors (Lipinski definition) is 2. The minimum Gasteiger partial charge on any atom is -0.345 e.